The van der Waals surface area contributed by atoms with Gasteiger partial charge in [0.1, 0.15) is 5.82 Å². The van der Waals surface area contributed by atoms with Gasteiger partial charge < -0.3 is 22.1 Å². The van der Waals surface area contributed by atoms with E-state index < -0.39 is 17.7 Å². The van der Waals surface area contributed by atoms with Crippen LogP contribution in [0.3, 0.4) is 0 Å². The normalized spacial score (nSPS) is 16.9. The van der Waals surface area contributed by atoms with Gasteiger partial charge in [0.15, 0.2) is 0 Å². The predicted molar refractivity (Wildman–Crippen MR) is 104 cm³/mol. The third kappa shape index (κ3) is 3.43. The van der Waals surface area contributed by atoms with Crippen LogP contribution in [0.2, 0.25) is 0 Å². The van der Waals surface area contributed by atoms with Crippen molar-refractivity contribution in [1.29, 1.82) is 0 Å². The van der Waals surface area contributed by atoms with Crippen molar-refractivity contribution in [3.05, 3.63) is 88.2 Å². The molecule has 0 spiro atoms. The average molecular weight is 366 g/mol. The van der Waals surface area contributed by atoms with E-state index >= 15 is 0 Å². The van der Waals surface area contributed by atoms with E-state index in [4.69, 9.17) is 11.5 Å². The number of primary amides is 1. The molecule has 1 heterocycles. The highest BCUT2D eigenvalue weighted by atomic mass is 32.1. The van der Waals surface area contributed by atoms with Crippen LogP contribution in [0.1, 0.15) is 11.5 Å². The third-order valence-electron chi connectivity index (χ3n) is 4.05. The minimum atomic E-state index is -0.717. The average Bonchev–Trinajstić information content (AvgIpc) is 2.62. The molecule has 1 aliphatic heterocycles. The highest BCUT2D eigenvalue weighted by Crippen LogP contribution is 2.38. The first-order chi connectivity index (χ1) is 12.5. The van der Waals surface area contributed by atoms with E-state index in [9.17, 15) is 9.59 Å². The van der Waals surface area contributed by atoms with E-state index in [-0.39, 0.29) is 22.0 Å². The van der Waals surface area contributed by atoms with Crippen LogP contribution < -0.4 is 22.1 Å². The minimum Gasteiger partial charge on any atom is -0.385 e. The second-order valence-electron chi connectivity index (χ2n) is 5.74. The van der Waals surface area contributed by atoms with Gasteiger partial charge in [-0.2, -0.15) is 0 Å². The summed E-state index contributed by atoms with van der Waals surface area (Å²) in [6.07, 6.45) is 0. The van der Waals surface area contributed by atoms with E-state index in [0.717, 1.165) is 5.56 Å². The second kappa shape index (κ2) is 7.37. The summed E-state index contributed by atoms with van der Waals surface area (Å²) in [6.45, 7) is 0. The number of anilines is 1. The van der Waals surface area contributed by atoms with Crippen molar-refractivity contribution in [2.24, 2.45) is 11.5 Å². The summed E-state index contributed by atoms with van der Waals surface area (Å²) in [4.78, 5) is 25.0. The van der Waals surface area contributed by atoms with Gasteiger partial charge in [-0.15, -0.1) is 12.6 Å². The van der Waals surface area contributed by atoms with Gasteiger partial charge in [0.25, 0.3) is 5.91 Å². The maximum atomic E-state index is 12.9. The number of carbonyl (C=O) groups is 2. The maximum Gasteiger partial charge on any atom is 0.256 e. The summed E-state index contributed by atoms with van der Waals surface area (Å²) >= 11 is 4.29. The molecular formula is C19H18N4O2S. The van der Waals surface area contributed by atoms with Crippen LogP contribution in [0.15, 0.2) is 82.7 Å². The summed E-state index contributed by atoms with van der Waals surface area (Å²) in [5.74, 6) is -1.68. The van der Waals surface area contributed by atoms with Crippen molar-refractivity contribution >= 4 is 30.1 Å². The molecule has 1 atom stereocenters. The summed E-state index contributed by atoms with van der Waals surface area (Å²) in [5.41, 5.74) is 13.4. The number of thiol groups is 1. The quantitative estimate of drug-likeness (QED) is 0.532. The zero-order chi connectivity index (χ0) is 18.7. The Kier molecular flexibility index (Phi) is 4.99. The molecule has 6 nitrogen and oxygen atoms in total. The lowest BCUT2D eigenvalue weighted by atomic mass is 9.82. The van der Waals surface area contributed by atoms with Crippen molar-refractivity contribution in [3.63, 3.8) is 0 Å². The van der Waals surface area contributed by atoms with Crippen LogP contribution in [-0.4, -0.2) is 11.8 Å². The fraction of sp³-hybridized carbons (Fsp3) is 0.0526. The van der Waals surface area contributed by atoms with Crippen LogP contribution in [0.4, 0.5) is 5.69 Å². The summed E-state index contributed by atoms with van der Waals surface area (Å²) in [6, 6.07) is 18.1. The molecule has 2 amide bonds. The topological polar surface area (TPSA) is 110 Å². The standard InChI is InChI=1S/C19H18N4O2S/c20-16-14(18(25)22-12-9-5-2-6-10-12)13(11-7-3-1-4-8-11)15(17(21)24)19(26)23-16/h1-10,13,23,26H,20H2,(H2,21,24)(H,22,25)/t13-/m0/s1. The zero-order valence-electron chi connectivity index (χ0n) is 13.8. The van der Waals surface area contributed by atoms with E-state index in [2.05, 4.69) is 23.3 Å². The molecule has 0 bridgehead atoms. The molecule has 0 saturated heterocycles. The molecule has 2 aromatic carbocycles. The number of amides is 2. The van der Waals surface area contributed by atoms with Crippen LogP contribution in [0, 0.1) is 0 Å². The molecule has 0 fully saturated rings. The fourth-order valence-corrected chi connectivity index (χ4v) is 3.27. The molecule has 26 heavy (non-hydrogen) atoms. The molecule has 3 rings (SSSR count). The number of para-hydroxylation sites is 1. The van der Waals surface area contributed by atoms with E-state index in [1.54, 1.807) is 12.1 Å². The van der Waals surface area contributed by atoms with Gasteiger partial charge in [0.05, 0.1) is 22.1 Å². The Morgan fingerprint density at radius 3 is 2.12 bits per heavy atom. The lowest BCUT2D eigenvalue weighted by molar-refractivity contribution is -0.114. The molecule has 0 aromatic heterocycles. The number of hydrogen-bond acceptors (Lipinski definition) is 5. The molecule has 6 N–H and O–H groups in total. The molecule has 1 aliphatic rings. The number of carbonyl (C=O) groups excluding carboxylic acids is 2. The lowest BCUT2D eigenvalue weighted by Gasteiger charge is -2.29. The van der Waals surface area contributed by atoms with Gasteiger partial charge in [0.2, 0.25) is 5.91 Å². The highest BCUT2D eigenvalue weighted by molar-refractivity contribution is 7.84. The van der Waals surface area contributed by atoms with Crippen molar-refractivity contribution in [3.8, 4) is 0 Å². The number of hydrogen-bond donors (Lipinski definition) is 5. The Morgan fingerprint density at radius 1 is 0.962 bits per heavy atom. The monoisotopic (exact) mass is 366 g/mol. The molecule has 0 radical (unpaired) electrons. The number of nitrogens with two attached hydrogens (primary N) is 2. The van der Waals surface area contributed by atoms with Gasteiger partial charge >= 0.3 is 0 Å². The Morgan fingerprint density at radius 2 is 1.54 bits per heavy atom. The summed E-state index contributed by atoms with van der Waals surface area (Å²) in [5, 5.41) is 5.80. The van der Waals surface area contributed by atoms with Gasteiger partial charge in [-0.05, 0) is 17.7 Å². The number of nitrogens with one attached hydrogen (secondary N) is 2. The Labute approximate surface area is 156 Å². The fourth-order valence-electron chi connectivity index (χ4n) is 2.91. The van der Waals surface area contributed by atoms with E-state index in [1.807, 2.05) is 48.5 Å². The van der Waals surface area contributed by atoms with Crippen LogP contribution >= 0.6 is 12.6 Å². The second-order valence-corrected chi connectivity index (χ2v) is 6.19. The first-order valence-electron chi connectivity index (χ1n) is 7.90. The van der Waals surface area contributed by atoms with Crippen LogP contribution in [-0.2, 0) is 9.59 Å². The Balaban J connectivity index is 2.07. The minimum absolute atomic E-state index is 0.127. The Bertz CT molecular complexity index is 908. The Hall–Kier alpha value is -3.19. The van der Waals surface area contributed by atoms with Gasteiger partial charge in [-0.3, -0.25) is 9.59 Å². The first kappa shape index (κ1) is 17.6. The van der Waals surface area contributed by atoms with Gasteiger partial charge in [-0.25, -0.2) is 0 Å². The van der Waals surface area contributed by atoms with Crippen molar-refractivity contribution < 1.29 is 9.59 Å². The molecule has 132 valence electrons. The molecule has 2 aromatic rings. The maximum absolute atomic E-state index is 12.9. The van der Waals surface area contributed by atoms with Crippen molar-refractivity contribution in [2.75, 3.05) is 5.32 Å². The van der Waals surface area contributed by atoms with Gasteiger partial charge in [-0.1, -0.05) is 48.5 Å². The third-order valence-corrected chi connectivity index (χ3v) is 4.40. The van der Waals surface area contributed by atoms with Crippen molar-refractivity contribution in [1.82, 2.24) is 5.32 Å². The van der Waals surface area contributed by atoms with Crippen LogP contribution in [0.5, 0.6) is 0 Å². The predicted octanol–water partition coefficient (Wildman–Crippen LogP) is 1.81. The SMILES string of the molecule is NC(=O)C1=C(S)NC(N)=C(C(=O)Nc2ccccc2)[C@@H]1c1ccccc1. The molecule has 7 heteroatoms. The number of benzene rings is 2. The summed E-state index contributed by atoms with van der Waals surface area (Å²) in [7, 11) is 0. The largest absolute Gasteiger partial charge is 0.385 e. The van der Waals surface area contributed by atoms with Crippen LogP contribution in [0.25, 0.3) is 0 Å². The first-order valence-corrected chi connectivity index (χ1v) is 8.34. The zero-order valence-corrected chi connectivity index (χ0v) is 14.7. The molecule has 0 aliphatic carbocycles. The van der Waals surface area contributed by atoms with Gasteiger partial charge in [0, 0.05) is 5.69 Å². The molecule has 0 unspecified atom stereocenters. The summed E-state index contributed by atoms with van der Waals surface area (Å²) < 4.78 is 0. The number of rotatable bonds is 4. The van der Waals surface area contributed by atoms with E-state index in [0.29, 0.717) is 5.69 Å². The van der Waals surface area contributed by atoms with Crippen molar-refractivity contribution in [2.45, 2.75) is 5.92 Å². The molecular weight excluding hydrogens is 348 g/mol. The van der Waals surface area contributed by atoms with E-state index in [1.165, 1.54) is 0 Å². The smallest absolute Gasteiger partial charge is 0.256 e. The lowest BCUT2D eigenvalue weighted by Crippen LogP contribution is -2.37. The number of dihydropyridines is 1. The highest BCUT2D eigenvalue weighted by Gasteiger charge is 2.36. The molecule has 0 saturated carbocycles.